The fourth-order valence-electron chi connectivity index (χ4n) is 1.56. The maximum atomic E-state index is 10.9. The summed E-state index contributed by atoms with van der Waals surface area (Å²) in [5.41, 5.74) is 1.55. The number of hydrogen-bond donors (Lipinski definition) is 1. The van der Waals surface area contributed by atoms with Crippen molar-refractivity contribution in [2.45, 2.75) is 6.92 Å². The Morgan fingerprint density at radius 3 is 2.74 bits per heavy atom. The van der Waals surface area contributed by atoms with Crippen LogP contribution in [0, 0.1) is 17.0 Å². The molecule has 0 spiro atoms. The summed E-state index contributed by atoms with van der Waals surface area (Å²) in [4.78, 5) is 14.4. The summed E-state index contributed by atoms with van der Waals surface area (Å²) in [7, 11) is 0. The molecule has 0 saturated heterocycles. The van der Waals surface area contributed by atoms with Crippen LogP contribution < -0.4 is 5.32 Å². The number of benzene rings is 1. The highest BCUT2D eigenvalue weighted by molar-refractivity contribution is 9.10. The van der Waals surface area contributed by atoms with E-state index in [4.69, 9.17) is 11.6 Å². The summed E-state index contributed by atoms with van der Waals surface area (Å²) in [5.74, 6) is 0.128. The zero-order chi connectivity index (χ0) is 14.0. The van der Waals surface area contributed by atoms with E-state index in [0.717, 1.165) is 15.7 Å². The molecule has 0 bridgehead atoms. The van der Waals surface area contributed by atoms with Gasteiger partial charge in [-0.3, -0.25) is 10.1 Å². The first-order valence-corrected chi connectivity index (χ1v) is 6.48. The van der Waals surface area contributed by atoms with Gasteiger partial charge in [-0.05, 0) is 36.8 Å². The third kappa shape index (κ3) is 3.21. The van der Waals surface area contributed by atoms with Crippen LogP contribution in [0.25, 0.3) is 0 Å². The Labute approximate surface area is 122 Å². The van der Waals surface area contributed by atoms with E-state index in [1.165, 1.54) is 12.1 Å². The van der Waals surface area contributed by atoms with Crippen LogP contribution in [0.2, 0.25) is 5.15 Å². The van der Waals surface area contributed by atoms with E-state index in [0.29, 0.717) is 0 Å². The normalized spacial score (nSPS) is 10.3. The topological polar surface area (TPSA) is 68.1 Å². The molecular formula is C12H9BrClN3O2. The van der Waals surface area contributed by atoms with E-state index in [9.17, 15) is 10.1 Å². The van der Waals surface area contributed by atoms with E-state index >= 15 is 0 Å². The molecule has 0 radical (unpaired) electrons. The number of nitrogens with zero attached hydrogens (tertiary/aromatic N) is 2. The van der Waals surface area contributed by atoms with Crippen molar-refractivity contribution in [1.82, 2.24) is 4.98 Å². The van der Waals surface area contributed by atoms with Crippen LogP contribution in [0.3, 0.4) is 0 Å². The monoisotopic (exact) mass is 341 g/mol. The van der Waals surface area contributed by atoms with Crippen molar-refractivity contribution >= 4 is 44.7 Å². The van der Waals surface area contributed by atoms with Gasteiger partial charge in [-0.2, -0.15) is 0 Å². The van der Waals surface area contributed by atoms with Gasteiger partial charge >= 0.3 is 5.69 Å². The van der Waals surface area contributed by atoms with E-state index in [2.05, 4.69) is 26.2 Å². The molecule has 0 aliphatic rings. The third-order valence-electron chi connectivity index (χ3n) is 2.48. The summed E-state index contributed by atoms with van der Waals surface area (Å²) in [6.45, 7) is 1.89. The minimum absolute atomic E-state index is 0.119. The minimum atomic E-state index is -0.500. The predicted molar refractivity (Wildman–Crippen MR) is 78.1 cm³/mol. The molecule has 1 heterocycles. The maximum Gasteiger partial charge on any atom is 0.311 e. The number of anilines is 2. The van der Waals surface area contributed by atoms with Gasteiger partial charge in [0.1, 0.15) is 5.15 Å². The molecule has 0 amide bonds. The van der Waals surface area contributed by atoms with Crippen molar-refractivity contribution in [3.8, 4) is 0 Å². The van der Waals surface area contributed by atoms with Crippen molar-refractivity contribution in [1.29, 1.82) is 0 Å². The van der Waals surface area contributed by atoms with Crippen molar-refractivity contribution < 1.29 is 4.92 Å². The molecule has 5 nitrogen and oxygen atoms in total. The third-order valence-corrected chi connectivity index (χ3v) is 3.18. The highest BCUT2D eigenvalue weighted by atomic mass is 79.9. The number of aromatic nitrogens is 1. The van der Waals surface area contributed by atoms with E-state index in [-0.39, 0.29) is 16.7 Å². The Bertz CT molecular complexity index is 649. The second kappa shape index (κ2) is 5.54. The number of nitro groups is 1. The molecule has 1 N–H and O–H groups in total. The van der Waals surface area contributed by atoms with Gasteiger partial charge in [0.25, 0.3) is 0 Å². The lowest BCUT2D eigenvalue weighted by molar-refractivity contribution is -0.384. The van der Waals surface area contributed by atoms with Gasteiger partial charge in [0, 0.05) is 16.2 Å². The molecule has 7 heteroatoms. The molecule has 0 aliphatic heterocycles. The van der Waals surface area contributed by atoms with E-state index < -0.39 is 4.92 Å². The average molecular weight is 343 g/mol. The summed E-state index contributed by atoms with van der Waals surface area (Å²) < 4.78 is 0.934. The van der Waals surface area contributed by atoms with Crippen LogP contribution in [-0.2, 0) is 0 Å². The van der Waals surface area contributed by atoms with E-state index in [1.807, 2.05) is 25.1 Å². The molecule has 2 rings (SSSR count). The Balaban J connectivity index is 2.42. The van der Waals surface area contributed by atoms with Gasteiger partial charge in [-0.15, -0.1) is 0 Å². The van der Waals surface area contributed by atoms with Crippen LogP contribution in [0.15, 0.2) is 34.8 Å². The number of hydrogen-bond acceptors (Lipinski definition) is 4. The Kier molecular flexibility index (Phi) is 4.01. The van der Waals surface area contributed by atoms with Crippen LogP contribution in [-0.4, -0.2) is 9.91 Å². The van der Waals surface area contributed by atoms with Gasteiger partial charge < -0.3 is 5.32 Å². The van der Waals surface area contributed by atoms with Gasteiger partial charge in [0.05, 0.1) is 4.92 Å². The van der Waals surface area contributed by atoms with Crippen LogP contribution in [0.4, 0.5) is 17.2 Å². The lowest BCUT2D eigenvalue weighted by Crippen LogP contribution is -2.01. The van der Waals surface area contributed by atoms with Crippen LogP contribution in [0.5, 0.6) is 0 Å². The first-order chi connectivity index (χ1) is 8.97. The van der Waals surface area contributed by atoms with Gasteiger partial charge in [0.2, 0.25) is 5.82 Å². The largest absolute Gasteiger partial charge is 0.334 e. The fraction of sp³-hybridized carbons (Fsp3) is 0.0833. The Morgan fingerprint density at radius 1 is 1.37 bits per heavy atom. The van der Waals surface area contributed by atoms with Gasteiger partial charge in [-0.1, -0.05) is 27.5 Å². The van der Waals surface area contributed by atoms with Crippen LogP contribution >= 0.6 is 27.5 Å². The van der Waals surface area contributed by atoms with Gasteiger partial charge in [0.15, 0.2) is 0 Å². The maximum absolute atomic E-state index is 10.9. The Morgan fingerprint density at radius 2 is 2.11 bits per heavy atom. The predicted octanol–water partition coefficient (Wildman–Crippen LogP) is 4.46. The summed E-state index contributed by atoms with van der Waals surface area (Å²) in [6.07, 6.45) is 0. The molecule has 0 fully saturated rings. The quantitative estimate of drug-likeness (QED) is 0.508. The zero-order valence-corrected chi connectivity index (χ0v) is 12.2. The first-order valence-electron chi connectivity index (χ1n) is 5.31. The summed E-state index contributed by atoms with van der Waals surface area (Å²) in [6, 6.07) is 8.27. The SMILES string of the molecule is Cc1cc(Br)ccc1Nc1nc(Cl)ccc1[N+](=O)[O-]. The van der Waals surface area contributed by atoms with E-state index in [1.54, 1.807) is 0 Å². The number of pyridine rings is 1. The summed E-state index contributed by atoms with van der Waals surface area (Å²) >= 11 is 9.13. The Hall–Kier alpha value is -1.66. The molecule has 1 aromatic carbocycles. The molecule has 1 aromatic heterocycles. The second-order valence-corrected chi connectivity index (χ2v) is 5.15. The molecular weight excluding hydrogens is 334 g/mol. The lowest BCUT2D eigenvalue weighted by atomic mass is 10.2. The molecule has 98 valence electrons. The molecule has 0 atom stereocenters. The number of nitrogens with one attached hydrogen (secondary N) is 1. The number of halogens is 2. The molecule has 2 aromatic rings. The lowest BCUT2D eigenvalue weighted by Gasteiger charge is -2.09. The molecule has 19 heavy (non-hydrogen) atoms. The smallest absolute Gasteiger partial charge is 0.311 e. The van der Waals surface area contributed by atoms with Crippen molar-refractivity contribution in [3.05, 3.63) is 55.6 Å². The van der Waals surface area contributed by atoms with Crippen molar-refractivity contribution in [3.63, 3.8) is 0 Å². The highest BCUT2D eigenvalue weighted by Crippen LogP contribution is 2.29. The van der Waals surface area contributed by atoms with Crippen molar-refractivity contribution in [2.75, 3.05) is 5.32 Å². The highest BCUT2D eigenvalue weighted by Gasteiger charge is 2.16. The average Bonchev–Trinajstić information content (AvgIpc) is 2.32. The zero-order valence-electron chi connectivity index (χ0n) is 9.85. The number of rotatable bonds is 3. The van der Waals surface area contributed by atoms with Gasteiger partial charge in [-0.25, -0.2) is 4.98 Å². The first kappa shape index (κ1) is 13.8. The summed E-state index contributed by atoms with van der Waals surface area (Å²) in [5, 5.41) is 14.1. The molecule has 0 unspecified atom stereocenters. The molecule has 0 saturated carbocycles. The standard InChI is InChI=1S/C12H9BrClN3O2/c1-7-6-8(13)2-3-9(7)15-12-10(17(18)19)4-5-11(14)16-12/h2-6H,1H3,(H,15,16). The number of aryl methyl sites for hydroxylation is 1. The van der Waals surface area contributed by atoms with Crippen LogP contribution in [0.1, 0.15) is 5.56 Å². The molecule has 0 aliphatic carbocycles. The minimum Gasteiger partial charge on any atom is -0.334 e. The fourth-order valence-corrected chi connectivity index (χ4v) is 2.19. The second-order valence-electron chi connectivity index (χ2n) is 3.84. The van der Waals surface area contributed by atoms with Crippen molar-refractivity contribution in [2.24, 2.45) is 0 Å².